The van der Waals surface area contributed by atoms with E-state index in [2.05, 4.69) is 25.7 Å². The topological polar surface area (TPSA) is 38.5 Å². The highest BCUT2D eigenvalue weighted by atomic mass is 16.5. The zero-order valence-corrected chi connectivity index (χ0v) is 12.3. The first-order chi connectivity index (χ1) is 8.47. The van der Waals surface area contributed by atoms with Gasteiger partial charge in [0.2, 0.25) is 0 Å². The second-order valence-electron chi connectivity index (χ2n) is 7.23. The minimum absolute atomic E-state index is 0.346. The standard InChI is InChI=1S/C15H30N2O/c1-15(2,3)13-4-7-17(8-5-13)10-12-11-18-9-6-14(12)16/h12-14H,4-11,16H2,1-3H3. The Balaban J connectivity index is 1.76. The maximum absolute atomic E-state index is 6.19. The normalized spacial score (nSPS) is 32.7. The molecule has 2 unspecified atom stereocenters. The Morgan fingerprint density at radius 3 is 2.39 bits per heavy atom. The van der Waals surface area contributed by atoms with Gasteiger partial charge >= 0.3 is 0 Å². The average molecular weight is 254 g/mol. The summed E-state index contributed by atoms with van der Waals surface area (Å²) in [6.45, 7) is 12.5. The molecule has 2 N–H and O–H groups in total. The molecule has 2 heterocycles. The lowest BCUT2D eigenvalue weighted by atomic mass is 9.75. The minimum Gasteiger partial charge on any atom is -0.381 e. The Bertz CT molecular complexity index is 254. The molecule has 0 aromatic heterocycles. The molecule has 106 valence electrons. The van der Waals surface area contributed by atoms with Crippen LogP contribution in [0.2, 0.25) is 0 Å². The van der Waals surface area contributed by atoms with Gasteiger partial charge in [-0.2, -0.15) is 0 Å². The molecule has 0 aromatic rings. The van der Waals surface area contributed by atoms with Crippen LogP contribution in [0.25, 0.3) is 0 Å². The Kier molecular flexibility index (Phi) is 4.68. The summed E-state index contributed by atoms with van der Waals surface area (Å²) in [7, 11) is 0. The molecule has 0 saturated carbocycles. The van der Waals surface area contributed by atoms with Crippen molar-refractivity contribution in [2.45, 2.75) is 46.1 Å². The van der Waals surface area contributed by atoms with Gasteiger partial charge in [0.1, 0.15) is 0 Å². The van der Waals surface area contributed by atoms with Gasteiger partial charge in [-0.3, -0.25) is 0 Å². The lowest BCUT2D eigenvalue weighted by Crippen LogP contribution is -2.47. The molecule has 2 rings (SSSR count). The van der Waals surface area contributed by atoms with Crippen LogP contribution in [0.3, 0.4) is 0 Å². The van der Waals surface area contributed by atoms with Gasteiger partial charge in [0.25, 0.3) is 0 Å². The molecule has 18 heavy (non-hydrogen) atoms. The first kappa shape index (κ1) is 14.3. The van der Waals surface area contributed by atoms with Gasteiger partial charge in [-0.1, -0.05) is 20.8 Å². The molecule has 0 amide bonds. The molecule has 3 heteroatoms. The SMILES string of the molecule is CC(C)(C)C1CCN(CC2COCCC2N)CC1. The van der Waals surface area contributed by atoms with E-state index in [9.17, 15) is 0 Å². The molecule has 0 bridgehead atoms. The largest absolute Gasteiger partial charge is 0.381 e. The lowest BCUT2D eigenvalue weighted by molar-refractivity contribution is 0.0160. The van der Waals surface area contributed by atoms with Crippen LogP contribution in [0.4, 0.5) is 0 Å². The molecule has 2 aliphatic heterocycles. The monoisotopic (exact) mass is 254 g/mol. The summed E-state index contributed by atoms with van der Waals surface area (Å²) in [6.07, 6.45) is 3.71. The van der Waals surface area contributed by atoms with E-state index in [-0.39, 0.29) is 0 Å². The van der Waals surface area contributed by atoms with E-state index in [1.807, 2.05) is 0 Å². The van der Waals surface area contributed by atoms with Gasteiger partial charge in [-0.15, -0.1) is 0 Å². The predicted octanol–water partition coefficient (Wildman–Crippen LogP) is 2.11. The van der Waals surface area contributed by atoms with Gasteiger partial charge in [-0.05, 0) is 43.7 Å². The number of rotatable bonds is 2. The van der Waals surface area contributed by atoms with Crippen molar-refractivity contribution in [3.8, 4) is 0 Å². The second kappa shape index (κ2) is 5.89. The van der Waals surface area contributed by atoms with Crippen molar-refractivity contribution in [2.75, 3.05) is 32.8 Å². The van der Waals surface area contributed by atoms with E-state index in [4.69, 9.17) is 10.5 Å². The Morgan fingerprint density at radius 1 is 1.17 bits per heavy atom. The molecule has 2 fully saturated rings. The molecule has 0 aliphatic carbocycles. The number of hydrogen-bond acceptors (Lipinski definition) is 3. The smallest absolute Gasteiger partial charge is 0.0521 e. The van der Waals surface area contributed by atoms with Gasteiger partial charge in [0.15, 0.2) is 0 Å². The highest BCUT2D eigenvalue weighted by Crippen LogP contribution is 2.34. The van der Waals surface area contributed by atoms with Crippen LogP contribution in [-0.4, -0.2) is 43.8 Å². The minimum atomic E-state index is 0.346. The molecule has 0 spiro atoms. The van der Waals surface area contributed by atoms with Crippen molar-refractivity contribution in [3.05, 3.63) is 0 Å². The van der Waals surface area contributed by atoms with Crippen molar-refractivity contribution in [1.82, 2.24) is 4.90 Å². The van der Waals surface area contributed by atoms with Crippen LogP contribution in [0.15, 0.2) is 0 Å². The van der Waals surface area contributed by atoms with Crippen molar-refractivity contribution in [1.29, 1.82) is 0 Å². The van der Waals surface area contributed by atoms with E-state index in [1.165, 1.54) is 25.9 Å². The maximum atomic E-state index is 6.19. The highest BCUT2D eigenvalue weighted by molar-refractivity contribution is 4.84. The molecule has 2 atom stereocenters. The molecular formula is C15H30N2O. The second-order valence-corrected chi connectivity index (χ2v) is 7.23. The molecule has 2 saturated heterocycles. The number of ether oxygens (including phenoxy) is 1. The maximum Gasteiger partial charge on any atom is 0.0521 e. The van der Waals surface area contributed by atoms with Crippen LogP contribution >= 0.6 is 0 Å². The zero-order chi connectivity index (χ0) is 13.2. The molecule has 0 radical (unpaired) electrons. The number of piperidine rings is 1. The van der Waals surface area contributed by atoms with E-state index in [0.717, 1.165) is 32.1 Å². The van der Waals surface area contributed by atoms with E-state index < -0.39 is 0 Å². The summed E-state index contributed by atoms with van der Waals surface area (Å²) in [4.78, 5) is 2.60. The number of nitrogens with zero attached hydrogens (tertiary/aromatic N) is 1. The number of nitrogens with two attached hydrogens (primary N) is 1. The first-order valence-electron chi connectivity index (χ1n) is 7.52. The summed E-state index contributed by atoms with van der Waals surface area (Å²) in [6, 6.07) is 0.346. The Hall–Kier alpha value is -0.120. The Labute approximate surface area is 112 Å². The molecular weight excluding hydrogens is 224 g/mol. The van der Waals surface area contributed by atoms with E-state index in [1.54, 1.807) is 0 Å². The van der Waals surface area contributed by atoms with Crippen LogP contribution in [0.5, 0.6) is 0 Å². The van der Waals surface area contributed by atoms with E-state index >= 15 is 0 Å². The fourth-order valence-electron chi connectivity index (χ4n) is 3.31. The molecule has 3 nitrogen and oxygen atoms in total. The average Bonchev–Trinajstić information content (AvgIpc) is 2.32. The summed E-state index contributed by atoms with van der Waals surface area (Å²) >= 11 is 0. The fourth-order valence-corrected chi connectivity index (χ4v) is 3.31. The van der Waals surface area contributed by atoms with Crippen molar-refractivity contribution in [2.24, 2.45) is 23.0 Å². The summed E-state index contributed by atoms with van der Waals surface area (Å²) < 4.78 is 5.56. The zero-order valence-electron chi connectivity index (χ0n) is 12.3. The third-order valence-electron chi connectivity index (χ3n) is 4.84. The van der Waals surface area contributed by atoms with Crippen LogP contribution < -0.4 is 5.73 Å². The quantitative estimate of drug-likeness (QED) is 0.820. The van der Waals surface area contributed by atoms with Crippen LogP contribution in [-0.2, 0) is 4.74 Å². The van der Waals surface area contributed by atoms with Gasteiger partial charge in [0.05, 0.1) is 6.61 Å². The first-order valence-corrected chi connectivity index (χ1v) is 7.52. The van der Waals surface area contributed by atoms with Crippen molar-refractivity contribution >= 4 is 0 Å². The van der Waals surface area contributed by atoms with Crippen molar-refractivity contribution in [3.63, 3.8) is 0 Å². The van der Waals surface area contributed by atoms with Gasteiger partial charge < -0.3 is 15.4 Å². The molecule has 2 aliphatic rings. The lowest BCUT2D eigenvalue weighted by Gasteiger charge is -2.41. The highest BCUT2D eigenvalue weighted by Gasteiger charge is 2.31. The molecule has 0 aromatic carbocycles. The van der Waals surface area contributed by atoms with Crippen LogP contribution in [0.1, 0.15) is 40.0 Å². The van der Waals surface area contributed by atoms with Gasteiger partial charge in [-0.25, -0.2) is 0 Å². The third-order valence-corrected chi connectivity index (χ3v) is 4.84. The fraction of sp³-hybridized carbons (Fsp3) is 1.00. The van der Waals surface area contributed by atoms with Crippen LogP contribution in [0, 0.1) is 17.3 Å². The number of hydrogen-bond donors (Lipinski definition) is 1. The third kappa shape index (κ3) is 3.69. The van der Waals surface area contributed by atoms with Gasteiger partial charge in [0, 0.05) is 25.1 Å². The predicted molar refractivity (Wildman–Crippen MR) is 75.5 cm³/mol. The van der Waals surface area contributed by atoms with Crippen molar-refractivity contribution < 1.29 is 4.74 Å². The summed E-state index contributed by atoms with van der Waals surface area (Å²) in [5.74, 6) is 1.43. The summed E-state index contributed by atoms with van der Waals surface area (Å²) in [5, 5.41) is 0. The van der Waals surface area contributed by atoms with E-state index in [0.29, 0.717) is 17.4 Å². The summed E-state index contributed by atoms with van der Waals surface area (Å²) in [5.41, 5.74) is 6.65. The number of likely N-dealkylation sites (tertiary alicyclic amines) is 1. The Morgan fingerprint density at radius 2 is 1.83 bits per heavy atom.